The van der Waals surface area contributed by atoms with Crippen LogP contribution in [0, 0.1) is 6.92 Å². The van der Waals surface area contributed by atoms with Crippen molar-refractivity contribution in [1.82, 2.24) is 9.97 Å². The average Bonchev–Trinajstić information content (AvgIpc) is 3.15. The Morgan fingerprint density at radius 1 is 0.929 bits per heavy atom. The van der Waals surface area contributed by atoms with Crippen molar-refractivity contribution in [2.24, 2.45) is 0 Å². The van der Waals surface area contributed by atoms with Crippen LogP contribution < -0.4 is 20.1 Å². The van der Waals surface area contributed by atoms with E-state index in [1.165, 1.54) is 5.56 Å². The van der Waals surface area contributed by atoms with Gasteiger partial charge in [-0.2, -0.15) is 4.98 Å². The minimum Gasteiger partial charge on any atom is -0.454 e. The van der Waals surface area contributed by atoms with Crippen molar-refractivity contribution in [3.63, 3.8) is 0 Å². The summed E-state index contributed by atoms with van der Waals surface area (Å²) in [5.74, 6) is 2.96. The lowest BCUT2D eigenvalue weighted by molar-refractivity contribution is 0.174. The van der Waals surface area contributed by atoms with Gasteiger partial charge < -0.3 is 20.1 Å². The molecule has 0 spiro atoms. The zero-order valence-electron chi connectivity index (χ0n) is 15.5. The summed E-state index contributed by atoms with van der Waals surface area (Å²) in [6.45, 7) is 3.62. The third kappa shape index (κ3) is 4.64. The quantitative estimate of drug-likeness (QED) is 0.615. The molecule has 2 N–H and O–H groups in total. The first-order valence-corrected chi connectivity index (χ1v) is 9.50. The van der Waals surface area contributed by atoms with E-state index in [1.807, 2.05) is 55.5 Å². The molecule has 1 aliphatic heterocycles. The summed E-state index contributed by atoms with van der Waals surface area (Å²) in [7, 11) is 0. The predicted molar refractivity (Wildman–Crippen MR) is 110 cm³/mol. The number of nitrogens with one attached hydrogen (secondary N) is 2. The van der Waals surface area contributed by atoms with E-state index >= 15 is 0 Å². The van der Waals surface area contributed by atoms with Gasteiger partial charge in [-0.05, 0) is 48.7 Å². The first kappa shape index (κ1) is 18.4. The zero-order chi connectivity index (χ0) is 19.3. The molecule has 0 fully saturated rings. The lowest BCUT2D eigenvalue weighted by Gasteiger charge is -2.10. The van der Waals surface area contributed by atoms with Crippen molar-refractivity contribution in [2.75, 3.05) is 24.0 Å². The highest BCUT2D eigenvalue weighted by Crippen LogP contribution is 2.32. The monoisotopic (exact) mass is 396 g/mol. The van der Waals surface area contributed by atoms with Crippen LogP contribution in [0.25, 0.3) is 0 Å². The number of ether oxygens (including phenoxy) is 2. The Bertz CT molecular complexity index is 963. The van der Waals surface area contributed by atoms with Gasteiger partial charge in [0.2, 0.25) is 12.7 Å². The van der Waals surface area contributed by atoms with Crippen LogP contribution in [0.4, 0.5) is 11.8 Å². The Hall–Kier alpha value is -2.99. The molecule has 0 saturated heterocycles. The third-order valence-electron chi connectivity index (χ3n) is 4.37. The molecule has 6 nitrogen and oxygen atoms in total. The first-order chi connectivity index (χ1) is 13.7. The minimum atomic E-state index is 0.280. The third-order valence-corrected chi connectivity index (χ3v) is 4.63. The Labute approximate surface area is 168 Å². The van der Waals surface area contributed by atoms with Gasteiger partial charge in [-0.15, -0.1) is 0 Å². The van der Waals surface area contributed by atoms with Crippen molar-refractivity contribution >= 4 is 23.4 Å². The van der Waals surface area contributed by atoms with Gasteiger partial charge in [0.1, 0.15) is 5.82 Å². The van der Waals surface area contributed by atoms with E-state index in [0.717, 1.165) is 46.6 Å². The maximum Gasteiger partial charge on any atom is 0.231 e. The molecule has 2 heterocycles. The largest absolute Gasteiger partial charge is 0.454 e. The van der Waals surface area contributed by atoms with Gasteiger partial charge in [-0.3, -0.25) is 0 Å². The van der Waals surface area contributed by atoms with Gasteiger partial charge in [0.25, 0.3) is 0 Å². The number of halogens is 1. The summed E-state index contributed by atoms with van der Waals surface area (Å²) in [6.07, 6.45) is 0.869. The molecule has 1 aromatic heterocycles. The molecule has 1 aliphatic rings. The molecule has 0 unspecified atom stereocenters. The van der Waals surface area contributed by atoms with Crippen LogP contribution in [-0.4, -0.2) is 23.3 Å². The second-order valence-corrected chi connectivity index (χ2v) is 7.00. The topological polar surface area (TPSA) is 68.3 Å². The number of rotatable bonds is 7. The molecule has 28 heavy (non-hydrogen) atoms. The Morgan fingerprint density at radius 2 is 1.71 bits per heavy atom. The summed E-state index contributed by atoms with van der Waals surface area (Å²) < 4.78 is 10.8. The molecule has 0 bridgehead atoms. The fraction of sp³-hybridized carbons (Fsp3) is 0.238. The Morgan fingerprint density at radius 3 is 2.57 bits per heavy atom. The molecule has 7 heteroatoms. The number of benzene rings is 2. The minimum absolute atomic E-state index is 0.280. The van der Waals surface area contributed by atoms with Crippen LogP contribution in [-0.2, 0) is 13.0 Å². The number of nitrogens with zero attached hydrogens (tertiary/aromatic N) is 2. The van der Waals surface area contributed by atoms with Crippen molar-refractivity contribution in [3.05, 3.63) is 70.4 Å². The summed E-state index contributed by atoms with van der Waals surface area (Å²) in [5, 5.41) is 7.38. The van der Waals surface area contributed by atoms with Crippen LogP contribution >= 0.6 is 11.6 Å². The van der Waals surface area contributed by atoms with Gasteiger partial charge in [0.15, 0.2) is 11.5 Å². The summed E-state index contributed by atoms with van der Waals surface area (Å²) >= 11 is 5.92. The second-order valence-electron chi connectivity index (χ2n) is 6.56. The molecular weight excluding hydrogens is 376 g/mol. The standard InChI is InChI=1S/C21H21ClN4O2/c1-14-10-20(24-12-16-4-7-18-19(11-16)28-13-27-18)26-21(25-14)23-9-8-15-2-5-17(22)6-3-15/h2-7,10-11H,8-9,12-13H2,1H3,(H2,23,24,25,26). The van der Waals surface area contributed by atoms with E-state index in [2.05, 4.69) is 20.6 Å². The van der Waals surface area contributed by atoms with Crippen LogP contribution in [0.1, 0.15) is 16.8 Å². The van der Waals surface area contributed by atoms with Crippen molar-refractivity contribution in [1.29, 1.82) is 0 Å². The number of fused-ring (bicyclic) bond motifs is 1. The van der Waals surface area contributed by atoms with Gasteiger partial charge in [0, 0.05) is 29.9 Å². The average molecular weight is 397 g/mol. The molecule has 0 atom stereocenters. The van der Waals surface area contributed by atoms with E-state index < -0.39 is 0 Å². The van der Waals surface area contributed by atoms with Gasteiger partial charge in [-0.1, -0.05) is 29.8 Å². The summed E-state index contributed by atoms with van der Waals surface area (Å²) in [5.41, 5.74) is 3.21. The van der Waals surface area contributed by atoms with Gasteiger partial charge in [0.05, 0.1) is 0 Å². The number of hydrogen-bond donors (Lipinski definition) is 2. The maximum atomic E-state index is 5.92. The molecule has 144 valence electrons. The van der Waals surface area contributed by atoms with E-state index in [-0.39, 0.29) is 6.79 Å². The van der Waals surface area contributed by atoms with E-state index in [4.69, 9.17) is 21.1 Å². The lowest BCUT2D eigenvalue weighted by Crippen LogP contribution is -2.10. The van der Waals surface area contributed by atoms with Crippen molar-refractivity contribution in [3.8, 4) is 11.5 Å². The Balaban J connectivity index is 1.34. The van der Waals surface area contributed by atoms with Crippen LogP contribution in [0.15, 0.2) is 48.5 Å². The lowest BCUT2D eigenvalue weighted by atomic mass is 10.1. The van der Waals surface area contributed by atoms with Crippen molar-refractivity contribution in [2.45, 2.75) is 19.9 Å². The highest BCUT2D eigenvalue weighted by atomic mass is 35.5. The Kier molecular flexibility index (Phi) is 5.48. The molecule has 0 amide bonds. The summed E-state index contributed by atoms with van der Waals surface area (Å²) in [6, 6.07) is 15.7. The van der Waals surface area contributed by atoms with Crippen molar-refractivity contribution < 1.29 is 9.47 Å². The van der Waals surface area contributed by atoms with E-state index in [9.17, 15) is 0 Å². The highest BCUT2D eigenvalue weighted by molar-refractivity contribution is 6.30. The van der Waals surface area contributed by atoms with Crippen LogP contribution in [0.2, 0.25) is 5.02 Å². The molecule has 3 aromatic rings. The molecule has 4 rings (SSSR count). The van der Waals surface area contributed by atoms with Gasteiger partial charge >= 0.3 is 0 Å². The number of aromatic nitrogens is 2. The molecule has 0 radical (unpaired) electrons. The second kappa shape index (κ2) is 8.35. The van der Waals surface area contributed by atoms with E-state index in [0.29, 0.717) is 12.5 Å². The SMILES string of the molecule is Cc1cc(NCc2ccc3c(c2)OCO3)nc(NCCc2ccc(Cl)cc2)n1. The highest BCUT2D eigenvalue weighted by Gasteiger charge is 2.13. The fourth-order valence-electron chi connectivity index (χ4n) is 2.95. The normalized spacial score (nSPS) is 12.1. The van der Waals surface area contributed by atoms with Crippen LogP contribution in [0.3, 0.4) is 0 Å². The number of aryl methyl sites for hydroxylation is 1. The van der Waals surface area contributed by atoms with Gasteiger partial charge in [-0.25, -0.2) is 4.98 Å². The maximum absolute atomic E-state index is 5.92. The number of hydrogen-bond acceptors (Lipinski definition) is 6. The molecule has 0 aliphatic carbocycles. The van der Waals surface area contributed by atoms with E-state index in [1.54, 1.807) is 0 Å². The molecule has 0 saturated carbocycles. The van der Waals surface area contributed by atoms with Crippen LogP contribution in [0.5, 0.6) is 11.5 Å². The smallest absolute Gasteiger partial charge is 0.231 e. The number of anilines is 2. The predicted octanol–water partition coefficient (Wildman–Crippen LogP) is 4.43. The molecular formula is C21H21ClN4O2. The zero-order valence-corrected chi connectivity index (χ0v) is 16.3. The summed E-state index contributed by atoms with van der Waals surface area (Å²) in [4.78, 5) is 9.02. The fourth-order valence-corrected chi connectivity index (χ4v) is 3.08. The molecule has 2 aromatic carbocycles. The first-order valence-electron chi connectivity index (χ1n) is 9.12.